The number of amides is 1. The molecule has 5 nitrogen and oxygen atoms in total. The Bertz CT molecular complexity index is 340. The SMILES string of the molecule is CC1(CNC(=O)CCC(=O)OC(C)(C)C)CCOCC1. The third kappa shape index (κ3) is 6.89. The van der Waals surface area contributed by atoms with Gasteiger partial charge in [0.05, 0.1) is 6.42 Å². The molecule has 1 amide bonds. The van der Waals surface area contributed by atoms with Crippen LogP contribution in [0.15, 0.2) is 0 Å². The van der Waals surface area contributed by atoms with Gasteiger partial charge in [0.15, 0.2) is 0 Å². The van der Waals surface area contributed by atoms with E-state index >= 15 is 0 Å². The molecular formula is C15H27NO4. The van der Waals surface area contributed by atoms with Crippen molar-refractivity contribution in [3.63, 3.8) is 0 Å². The van der Waals surface area contributed by atoms with E-state index in [2.05, 4.69) is 12.2 Å². The van der Waals surface area contributed by atoms with Crippen LogP contribution in [0.4, 0.5) is 0 Å². The van der Waals surface area contributed by atoms with Crippen LogP contribution < -0.4 is 5.32 Å². The van der Waals surface area contributed by atoms with Crippen molar-refractivity contribution in [3.05, 3.63) is 0 Å². The van der Waals surface area contributed by atoms with Crippen molar-refractivity contribution in [3.8, 4) is 0 Å². The number of rotatable bonds is 5. The van der Waals surface area contributed by atoms with E-state index in [1.165, 1.54) is 0 Å². The second-order valence-electron chi connectivity index (χ2n) is 6.79. The molecule has 5 heteroatoms. The lowest BCUT2D eigenvalue weighted by molar-refractivity contribution is -0.155. The van der Waals surface area contributed by atoms with Gasteiger partial charge in [-0.05, 0) is 39.0 Å². The summed E-state index contributed by atoms with van der Waals surface area (Å²) >= 11 is 0. The van der Waals surface area contributed by atoms with E-state index in [-0.39, 0.29) is 30.1 Å². The predicted octanol–water partition coefficient (Wildman–Crippen LogP) is 2.04. The molecule has 1 rings (SSSR count). The summed E-state index contributed by atoms with van der Waals surface area (Å²) in [4.78, 5) is 23.3. The fourth-order valence-electron chi connectivity index (χ4n) is 2.05. The highest BCUT2D eigenvalue weighted by molar-refractivity contribution is 5.81. The van der Waals surface area contributed by atoms with E-state index in [0.29, 0.717) is 6.54 Å². The van der Waals surface area contributed by atoms with Gasteiger partial charge in [0.25, 0.3) is 0 Å². The summed E-state index contributed by atoms with van der Waals surface area (Å²) < 4.78 is 10.5. The van der Waals surface area contributed by atoms with Crippen LogP contribution in [0.5, 0.6) is 0 Å². The Morgan fingerprint density at radius 1 is 1.20 bits per heavy atom. The van der Waals surface area contributed by atoms with Crippen molar-refractivity contribution in [2.75, 3.05) is 19.8 Å². The smallest absolute Gasteiger partial charge is 0.306 e. The van der Waals surface area contributed by atoms with Crippen LogP contribution in [0.25, 0.3) is 0 Å². The van der Waals surface area contributed by atoms with Gasteiger partial charge in [-0.1, -0.05) is 6.92 Å². The van der Waals surface area contributed by atoms with Gasteiger partial charge in [-0.15, -0.1) is 0 Å². The molecule has 1 aliphatic rings. The van der Waals surface area contributed by atoms with Gasteiger partial charge in [0, 0.05) is 26.2 Å². The fourth-order valence-corrected chi connectivity index (χ4v) is 2.05. The number of esters is 1. The fraction of sp³-hybridized carbons (Fsp3) is 0.867. The van der Waals surface area contributed by atoms with E-state index in [4.69, 9.17) is 9.47 Å². The lowest BCUT2D eigenvalue weighted by Crippen LogP contribution is -2.39. The number of carbonyl (C=O) groups is 2. The van der Waals surface area contributed by atoms with Crippen LogP contribution in [0.1, 0.15) is 53.4 Å². The van der Waals surface area contributed by atoms with Crippen molar-refractivity contribution in [2.45, 2.75) is 59.0 Å². The van der Waals surface area contributed by atoms with Gasteiger partial charge < -0.3 is 14.8 Å². The van der Waals surface area contributed by atoms with Gasteiger partial charge >= 0.3 is 5.97 Å². The van der Waals surface area contributed by atoms with E-state index in [0.717, 1.165) is 26.1 Å². The van der Waals surface area contributed by atoms with Gasteiger partial charge in [-0.3, -0.25) is 9.59 Å². The Morgan fingerprint density at radius 2 is 1.80 bits per heavy atom. The maximum atomic E-state index is 11.7. The molecule has 0 bridgehead atoms. The van der Waals surface area contributed by atoms with Gasteiger partial charge in [-0.25, -0.2) is 0 Å². The Balaban J connectivity index is 2.22. The quantitative estimate of drug-likeness (QED) is 0.785. The third-order valence-electron chi connectivity index (χ3n) is 3.39. The minimum absolute atomic E-state index is 0.0939. The molecule has 0 saturated carbocycles. The first-order valence-electron chi connectivity index (χ1n) is 7.27. The highest BCUT2D eigenvalue weighted by atomic mass is 16.6. The van der Waals surface area contributed by atoms with Gasteiger partial charge in [0.1, 0.15) is 5.60 Å². The highest BCUT2D eigenvalue weighted by Gasteiger charge is 2.27. The van der Waals surface area contributed by atoms with E-state index in [1.54, 1.807) is 0 Å². The van der Waals surface area contributed by atoms with E-state index in [1.807, 2.05) is 20.8 Å². The summed E-state index contributed by atoms with van der Waals surface area (Å²) in [7, 11) is 0. The predicted molar refractivity (Wildman–Crippen MR) is 76.2 cm³/mol. The first-order chi connectivity index (χ1) is 9.20. The average Bonchev–Trinajstić information content (AvgIpc) is 2.33. The summed E-state index contributed by atoms with van der Waals surface area (Å²) in [6.45, 7) is 9.76. The molecule has 1 N–H and O–H groups in total. The van der Waals surface area contributed by atoms with Crippen molar-refractivity contribution in [1.82, 2.24) is 5.32 Å². The molecule has 1 fully saturated rings. The highest BCUT2D eigenvalue weighted by Crippen LogP contribution is 2.28. The van der Waals surface area contributed by atoms with Crippen molar-refractivity contribution in [1.29, 1.82) is 0 Å². The Kier molecular flexibility index (Phi) is 5.99. The molecule has 0 aromatic carbocycles. The molecule has 0 aromatic rings. The number of carbonyl (C=O) groups excluding carboxylic acids is 2. The van der Waals surface area contributed by atoms with Crippen LogP contribution >= 0.6 is 0 Å². The third-order valence-corrected chi connectivity index (χ3v) is 3.39. The molecule has 0 radical (unpaired) electrons. The summed E-state index contributed by atoms with van der Waals surface area (Å²) in [6, 6.07) is 0. The summed E-state index contributed by atoms with van der Waals surface area (Å²) in [6.07, 6.45) is 2.23. The molecule has 0 atom stereocenters. The molecule has 0 unspecified atom stereocenters. The van der Waals surface area contributed by atoms with Crippen LogP contribution in [-0.2, 0) is 19.1 Å². The maximum Gasteiger partial charge on any atom is 0.306 e. The largest absolute Gasteiger partial charge is 0.460 e. The molecular weight excluding hydrogens is 258 g/mol. The lowest BCUT2D eigenvalue weighted by Gasteiger charge is -2.33. The zero-order chi connectivity index (χ0) is 15.2. The first-order valence-corrected chi connectivity index (χ1v) is 7.27. The molecule has 0 aromatic heterocycles. The second-order valence-corrected chi connectivity index (χ2v) is 6.79. The lowest BCUT2D eigenvalue weighted by atomic mass is 9.82. The summed E-state index contributed by atoms with van der Waals surface area (Å²) in [5, 5.41) is 2.91. The normalized spacial score (nSPS) is 18.4. The number of ether oxygens (including phenoxy) is 2. The monoisotopic (exact) mass is 285 g/mol. The molecule has 0 spiro atoms. The molecule has 1 saturated heterocycles. The number of hydrogen-bond donors (Lipinski definition) is 1. The topological polar surface area (TPSA) is 64.6 Å². The molecule has 1 aliphatic heterocycles. The van der Waals surface area contributed by atoms with Crippen LogP contribution in [-0.4, -0.2) is 37.2 Å². The van der Waals surface area contributed by atoms with Gasteiger partial charge in [-0.2, -0.15) is 0 Å². The maximum absolute atomic E-state index is 11.7. The van der Waals surface area contributed by atoms with Crippen molar-refractivity contribution >= 4 is 11.9 Å². The zero-order valence-corrected chi connectivity index (χ0v) is 13.1. The first kappa shape index (κ1) is 17.0. The minimum atomic E-state index is -0.497. The molecule has 116 valence electrons. The van der Waals surface area contributed by atoms with Gasteiger partial charge in [0.2, 0.25) is 5.91 Å². The molecule has 1 heterocycles. The number of nitrogens with one attached hydrogen (secondary N) is 1. The Hall–Kier alpha value is -1.10. The van der Waals surface area contributed by atoms with E-state index < -0.39 is 5.60 Å². The Labute approximate surface area is 121 Å². The number of hydrogen-bond acceptors (Lipinski definition) is 4. The van der Waals surface area contributed by atoms with Crippen LogP contribution in [0.2, 0.25) is 0 Å². The van der Waals surface area contributed by atoms with Crippen molar-refractivity contribution in [2.24, 2.45) is 5.41 Å². The Morgan fingerprint density at radius 3 is 2.35 bits per heavy atom. The molecule has 20 heavy (non-hydrogen) atoms. The standard InChI is InChI=1S/C15H27NO4/c1-14(2,3)20-13(18)6-5-12(17)16-11-15(4)7-9-19-10-8-15/h5-11H2,1-4H3,(H,16,17). The van der Waals surface area contributed by atoms with Crippen molar-refractivity contribution < 1.29 is 19.1 Å². The summed E-state index contributed by atoms with van der Waals surface area (Å²) in [5.74, 6) is -0.423. The van der Waals surface area contributed by atoms with Crippen LogP contribution in [0, 0.1) is 5.41 Å². The van der Waals surface area contributed by atoms with E-state index in [9.17, 15) is 9.59 Å². The second kappa shape index (κ2) is 7.07. The average molecular weight is 285 g/mol. The minimum Gasteiger partial charge on any atom is -0.460 e. The molecule has 0 aliphatic carbocycles. The van der Waals surface area contributed by atoms with Crippen LogP contribution in [0.3, 0.4) is 0 Å². The summed E-state index contributed by atoms with van der Waals surface area (Å²) in [5.41, 5.74) is -0.386. The zero-order valence-electron chi connectivity index (χ0n) is 13.1.